The van der Waals surface area contributed by atoms with Crippen LogP contribution in [0.5, 0.6) is 0 Å². The Morgan fingerprint density at radius 3 is 2.80 bits per heavy atom. The highest BCUT2D eigenvalue weighted by Gasteiger charge is 2.17. The molecule has 7 nitrogen and oxygen atoms in total. The van der Waals surface area contributed by atoms with Gasteiger partial charge in [-0.25, -0.2) is 13.1 Å². The minimum absolute atomic E-state index is 0.0138. The molecule has 0 aliphatic heterocycles. The molecule has 108 valence electrons. The monoisotopic (exact) mass is 315 g/mol. The summed E-state index contributed by atoms with van der Waals surface area (Å²) in [5.74, 6) is 0.691. The van der Waals surface area contributed by atoms with Crippen LogP contribution in [-0.4, -0.2) is 29.7 Å². The number of benzene rings is 1. The third-order valence-electron chi connectivity index (χ3n) is 2.71. The molecule has 2 rings (SSSR count). The number of halogens is 1. The fraction of sp³-hybridized carbons (Fsp3) is 0.273. The lowest BCUT2D eigenvalue weighted by atomic mass is 10.3. The van der Waals surface area contributed by atoms with Gasteiger partial charge >= 0.3 is 0 Å². The van der Waals surface area contributed by atoms with Crippen molar-refractivity contribution < 1.29 is 8.42 Å². The number of aromatic nitrogens is 3. The van der Waals surface area contributed by atoms with E-state index >= 15 is 0 Å². The van der Waals surface area contributed by atoms with Gasteiger partial charge in [-0.05, 0) is 18.2 Å². The van der Waals surface area contributed by atoms with E-state index in [-0.39, 0.29) is 17.1 Å². The van der Waals surface area contributed by atoms with Gasteiger partial charge in [0, 0.05) is 25.0 Å². The second kappa shape index (κ2) is 5.78. The lowest BCUT2D eigenvalue weighted by Crippen LogP contribution is -2.27. The molecule has 1 aromatic carbocycles. The number of rotatable bonds is 5. The van der Waals surface area contributed by atoms with E-state index in [2.05, 4.69) is 14.9 Å². The van der Waals surface area contributed by atoms with Crippen LogP contribution in [0, 0.1) is 0 Å². The first-order valence-corrected chi connectivity index (χ1v) is 7.64. The molecule has 1 heterocycles. The van der Waals surface area contributed by atoms with Gasteiger partial charge in [0.25, 0.3) is 0 Å². The molecule has 0 amide bonds. The van der Waals surface area contributed by atoms with Gasteiger partial charge in [-0.3, -0.25) is 0 Å². The predicted octanol–water partition coefficient (Wildman–Crippen LogP) is 0.572. The molecule has 0 spiro atoms. The van der Waals surface area contributed by atoms with Crippen LogP contribution in [-0.2, 0) is 23.5 Å². The van der Waals surface area contributed by atoms with Crippen LogP contribution in [0.25, 0.3) is 0 Å². The predicted molar refractivity (Wildman–Crippen MR) is 75.8 cm³/mol. The van der Waals surface area contributed by atoms with Crippen molar-refractivity contribution in [2.24, 2.45) is 7.05 Å². The van der Waals surface area contributed by atoms with E-state index in [1.54, 1.807) is 17.9 Å². The molecule has 3 N–H and O–H groups in total. The highest BCUT2D eigenvalue weighted by molar-refractivity contribution is 7.89. The van der Waals surface area contributed by atoms with E-state index in [1.165, 1.54) is 18.2 Å². The molecule has 0 aliphatic rings. The summed E-state index contributed by atoms with van der Waals surface area (Å²) in [4.78, 5) is 0.0138. The fourth-order valence-corrected chi connectivity index (χ4v) is 3.00. The number of nitrogens with zero attached hydrogens (tertiary/aromatic N) is 3. The molecule has 9 heteroatoms. The van der Waals surface area contributed by atoms with Crippen molar-refractivity contribution in [2.75, 3.05) is 12.3 Å². The molecular formula is C11H14ClN5O2S. The Morgan fingerprint density at radius 2 is 2.20 bits per heavy atom. The number of anilines is 1. The van der Waals surface area contributed by atoms with Gasteiger partial charge in [-0.15, -0.1) is 10.2 Å². The number of hydrogen-bond donors (Lipinski definition) is 2. The molecule has 20 heavy (non-hydrogen) atoms. The van der Waals surface area contributed by atoms with E-state index in [0.29, 0.717) is 17.3 Å². The number of nitrogen functional groups attached to an aromatic ring is 1. The highest BCUT2D eigenvalue weighted by Crippen LogP contribution is 2.22. The molecule has 0 atom stereocenters. The van der Waals surface area contributed by atoms with Gasteiger partial charge in [0.1, 0.15) is 17.0 Å². The number of aryl methyl sites for hydroxylation is 1. The lowest BCUT2D eigenvalue weighted by molar-refractivity contribution is 0.580. The maximum Gasteiger partial charge on any atom is 0.242 e. The standard InChI is InChI=1S/C11H14ClN5O2S/c1-17-7-14-16-11(17)4-5-15-20(18,19)10-3-2-8(12)6-9(10)13/h2-3,6-7,15H,4-5,13H2,1H3. The topological polar surface area (TPSA) is 103 Å². The van der Waals surface area contributed by atoms with Crippen molar-refractivity contribution in [1.29, 1.82) is 0 Å². The quantitative estimate of drug-likeness (QED) is 0.785. The third-order valence-corrected chi connectivity index (χ3v) is 4.48. The summed E-state index contributed by atoms with van der Waals surface area (Å²) in [6.07, 6.45) is 1.99. The zero-order chi connectivity index (χ0) is 14.8. The molecule has 0 saturated carbocycles. The molecule has 0 aliphatic carbocycles. The van der Waals surface area contributed by atoms with Gasteiger partial charge in [0.2, 0.25) is 10.0 Å². The van der Waals surface area contributed by atoms with Crippen LogP contribution in [0.3, 0.4) is 0 Å². The van der Waals surface area contributed by atoms with Gasteiger partial charge < -0.3 is 10.3 Å². The third kappa shape index (κ3) is 3.27. The fourth-order valence-electron chi connectivity index (χ4n) is 1.67. The summed E-state index contributed by atoms with van der Waals surface area (Å²) in [5, 5.41) is 7.98. The van der Waals surface area contributed by atoms with E-state index < -0.39 is 10.0 Å². The van der Waals surface area contributed by atoms with Crippen LogP contribution >= 0.6 is 11.6 Å². The zero-order valence-corrected chi connectivity index (χ0v) is 12.3. The molecule has 0 unspecified atom stereocenters. The molecule has 0 fully saturated rings. The Morgan fingerprint density at radius 1 is 1.45 bits per heavy atom. The van der Waals surface area contributed by atoms with Crippen molar-refractivity contribution in [3.05, 3.63) is 35.4 Å². The lowest BCUT2D eigenvalue weighted by Gasteiger charge is -2.09. The number of nitrogens with two attached hydrogens (primary N) is 1. The van der Waals surface area contributed by atoms with Crippen LogP contribution in [0.4, 0.5) is 5.69 Å². The second-order valence-corrected chi connectivity index (χ2v) is 6.36. The first kappa shape index (κ1) is 14.8. The molecule has 0 bridgehead atoms. The number of hydrogen-bond acceptors (Lipinski definition) is 5. The summed E-state index contributed by atoms with van der Waals surface area (Å²) in [5.41, 5.74) is 5.78. The Labute approximate surface area is 121 Å². The van der Waals surface area contributed by atoms with Crippen molar-refractivity contribution >= 4 is 27.3 Å². The maximum atomic E-state index is 12.1. The average molecular weight is 316 g/mol. The number of sulfonamides is 1. The molecule has 0 radical (unpaired) electrons. The summed E-state index contributed by atoms with van der Waals surface area (Å²) in [7, 11) is -1.87. The molecule has 1 aromatic heterocycles. The molecular weight excluding hydrogens is 302 g/mol. The Bertz CT molecular complexity index is 713. The van der Waals surface area contributed by atoms with Crippen molar-refractivity contribution in [2.45, 2.75) is 11.3 Å². The Balaban J connectivity index is 2.06. The van der Waals surface area contributed by atoms with E-state index in [9.17, 15) is 8.42 Å². The second-order valence-electron chi connectivity index (χ2n) is 4.19. The maximum absolute atomic E-state index is 12.1. The van der Waals surface area contributed by atoms with E-state index in [4.69, 9.17) is 17.3 Å². The first-order chi connectivity index (χ1) is 9.40. The van der Waals surface area contributed by atoms with Gasteiger partial charge in [0.15, 0.2) is 0 Å². The Hall–Kier alpha value is -1.64. The summed E-state index contributed by atoms with van der Waals surface area (Å²) < 4.78 is 28.4. The SMILES string of the molecule is Cn1cnnc1CCNS(=O)(=O)c1ccc(Cl)cc1N. The van der Waals surface area contributed by atoms with E-state index in [0.717, 1.165) is 0 Å². The van der Waals surface area contributed by atoms with Crippen molar-refractivity contribution in [3.63, 3.8) is 0 Å². The van der Waals surface area contributed by atoms with Crippen LogP contribution in [0.1, 0.15) is 5.82 Å². The smallest absolute Gasteiger partial charge is 0.242 e. The van der Waals surface area contributed by atoms with Crippen LogP contribution < -0.4 is 10.5 Å². The van der Waals surface area contributed by atoms with Gasteiger partial charge in [0.05, 0.1) is 5.69 Å². The molecule has 2 aromatic rings. The normalized spacial score (nSPS) is 11.7. The molecule has 0 saturated heterocycles. The Kier molecular flexibility index (Phi) is 4.26. The first-order valence-electron chi connectivity index (χ1n) is 5.78. The van der Waals surface area contributed by atoms with E-state index in [1.807, 2.05) is 0 Å². The van der Waals surface area contributed by atoms with Crippen molar-refractivity contribution in [1.82, 2.24) is 19.5 Å². The van der Waals surface area contributed by atoms with Crippen LogP contribution in [0.2, 0.25) is 5.02 Å². The minimum atomic E-state index is -3.66. The average Bonchev–Trinajstić information content (AvgIpc) is 2.74. The van der Waals surface area contributed by atoms with Gasteiger partial charge in [-0.2, -0.15) is 0 Å². The minimum Gasteiger partial charge on any atom is -0.398 e. The van der Waals surface area contributed by atoms with Gasteiger partial charge in [-0.1, -0.05) is 11.6 Å². The number of nitrogens with one attached hydrogen (secondary N) is 1. The highest BCUT2D eigenvalue weighted by atomic mass is 35.5. The van der Waals surface area contributed by atoms with Crippen LogP contribution in [0.15, 0.2) is 29.4 Å². The largest absolute Gasteiger partial charge is 0.398 e. The van der Waals surface area contributed by atoms with Crippen molar-refractivity contribution in [3.8, 4) is 0 Å². The zero-order valence-electron chi connectivity index (χ0n) is 10.7. The summed E-state index contributed by atoms with van der Waals surface area (Å²) in [6, 6.07) is 4.26. The summed E-state index contributed by atoms with van der Waals surface area (Å²) >= 11 is 5.74. The summed E-state index contributed by atoms with van der Waals surface area (Å²) in [6.45, 7) is 0.205.